The number of aryl methyl sites for hydroxylation is 2. The maximum atomic E-state index is 14.2. The van der Waals surface area contributed by atoms with Crippen LogP contribution in [0, 0.1) is 0 Å². The first-order valence-electron chi connectivity index (χ1n) is 20.5. The van der Waals surface area contributed by atoms with E-state index < -0.39 is 0 Å². The van der Waals surface area contributed by atoms with Crippen molar-refractivity contribution in [1.82, 2.24) is 24.1 Å². The monoisotopic (exact) mass is 857 g/mol. The van der Waals surface area contributed by atoms with Crippen molar-refractivity contribution in [3.05, 3.63) is 83.3 Å². The number of hydrogen-bond acceptors (Lipinski definition) is 9. The van der Waals surface area contributed by atoms with E-state index in [1.165, 1.54) is 0 Å². The van der Waals surface area contributed by atoms with Gasteiger partial charge in [-0.25, -0.2) is 9.59 Å². The van der Waals surface area contributed by atoms with Crippen LogP contribution in [-0.2, 0) is 50.3 Å². The van der Waals surface area contributed by atoms with Crippen LogP contribution in [0.2, 0.25) is 0 Å². The summed E-state index contributed by atoms with van der Waals surface area (Å²) in [4.78, 5) is 31.3. The Bertz CT molecular complexity index is 2200. The minimum atomic E-state index is -0.367. The van der Waals surface area contributed by atoms with Crippen LogP contribution in [0.25, 0.3) is 32.8 Å². The van der Waals surface area contributed by atoms with E-state index in [4.69, 9.17) is 28.8 Å². The van der Waals surface area contributed by atoms with Gasteiger partial charge in [0, 0.05) is 74.1 Å². The van der Waals surface area contributed by atoms with Crippen molar-refractivity contribution >= 4 is 49.7 Å². The van der Waals surface area contributed by atoms with Gasteiger partial charge in [-0.2, -0.15) is 5.10 Å². The van der Waals surface area contributed by atoms with Crippen molar-refractivity contribution in [3.63, 3.8) is 0 Å². The van der Waals surface area contributed by atoms with Gasteiger partial charge < -0.3 is 33.2 Å². The third-order valence-electron chi connectivity index (χ3n) is 11.2. The summed E-state index contributed by atoms with van der Waals surface area (Å²) in [7, 11) is 3.48. The molecule has 1 aliphatic heterocycles. The molecule has 5 aromatic rings. The molecule has 0 N–H and O–H groups in total. The van der Waals surface area contributed by atoms with Gasteiger partial charge in [0.2, 0.25) is 0 Å². The number of rotatable bonds is 19. The van der Waals surface area contributed by atoms with Crippen LogP contribution >= 0.6 is 15.9 Å². The Kier molecular flexibility index (Phi) is 13.7. The fraction of sp³-hybridized carbons (Fsp3) is 0.489. The second-order valence-corrected chi connectivity index (χ2v) is 16.0. The van der Waals surface area contributed by atoms with Crippen LogP contribution in [0.5, 0.6) is 5.75 Å². The summed E-state index contributed by atoms with van der Waals surface area (Å²) < 4.78 is 33.4. The Balaban J connectivity index is 1.30. The Labute approximate surface area is 349 Å². The van der Waals surface area contributed by atoms with Gasteiger partial charge in [0.25, 0.3) is 0 Å². The number of methoxy groups -OCH3 is 1. The lowest BCUT2D eigenvalue weighted by Gasteiger charge is -2.27. The molecule has 310 valence electrons. The quantitative estimate of drug-likeness (QED) is 0.0461. The predicted molar refractivity (Wildman–Crippen MR) is 229 cm³/mol. The molecule has 1 aliphatic carbocycles. The molecule has 3 heterocycles. The number of aromatic nitrogens is 3. The highest BCUT2D eigenvalue weighted by Gasteiger charge is 2.42. The number of carbonyl (C=O) groups is 2. The minimum Gasteiger partial charge on any atom is -0.493 e. The maximum Gasteiger partial charge on any atom is 0.410 e. The predicted octanol–water partition coefficient (Wildman–Crippen LogP) is 8.23. The average molecular weight is 859 g/mol. The molecule has 7 rings (SSSR count). The normalized spacial score (nSPS) is 15.2. The molecule has 0 unspecified atom stereocenters. The van der Waals surface area contributed by atoms with Crippen LogP contribution in [0.1, 0.15) is 67.0 Å². The largest absolute Gasteiger partial charge is 0.493 e. The van der Waals surface area contributed by atoms with Crippen LogP contribution in [0.15, 0.2) is 60.7 Å². The zero-order chi connectivity index (χ0) is 40.6. The molecule has 58 heavy (non-hydrogen) atoms. The van der Waals surface area contributed by atoms with Gasteiger partial charge in [0.1, 0.15) is 17.0 Å². The second kappa shape index (κ2) is 19.1. The molecule has 2 aromatic heterocycles. The third-order valence-corrected chi connectivity index (χ3v) is 11.8. The Hall–Kier alpha value is -4.43. The number of amides is 1. The summed E-state index contributed by atoms with van der Waals surface area (Å²) >= 11 is 3.78. The zero-order valence-electron chi connectivity index (χ0n) is 34.3. The Morgan fingerprint density at radius 2 is 1.72 bits per heavy atom. The fourth-order valence-electron chi connectivity index (χ4n) is 7.92. The lowest BCUT2D eigenvalue weighted by Crippen LogP contribution is -2.36. The summed E-state index contributed by atoms with van der Waals surface area (Å²) in [6.07, 6.45) is 3.31. The zero-order valence-corrected chi connectivity index (χ0v) is 35.9. The number of benzene rings is 3. The smallest absolute Gasteiger partial charge is 0.410 e. The summed E-state index contributed by atoms with van der Waals surface area (Å²) in [5.74, 6) is 0.474. The second-order valence-electron chi connectivity index (χ2n) is 15.4. The first kappa shape index (κ1) is 41.7. The van der Waals surface area contributed by atoms with Crippen molar-refractivity contribution in [2.75, 3.05) is 66.8 Å². The first-order chi connectivity index (χ1) is 28.2. The minimum absolute atomic E-state index is 0.244. The number of ether oxygens (including phenoxy) is 5. The van der Waals surface area contributed by atoms with E-state index in [9.17, 15) is 9.59 Å². The molecule has 1 saturated heterocycles. The highest BCUT2D eigenvalue weighted by molar-refractivity contribution is 9.08. The van der Waals surface area contributed by atoms with Crippen LogP contribution in [0.3, 0.4) is 0 Å². The van der Waals surface area contributed by atoms with Crippen LogP contribution in [-0.4, -0.2) is 109 Å². The van der Waals surface area contributed by atoms with Crippen molar-refractivity contribution in [1.29, 1.82) is 0 Å². The molecule has 2 aliphatic rings. The molecule has 1 amide bonds. The van der Waals surface area contributed by atoms with E-state index in [0.29, 0.717) is 82.9 Å². The number of carbonyl (C=O) groups excluding carboxylic acids is 2. The molecule has 2 fully saturated rings. The van der Waals surface area contributed by atoms with Gasteiger partial charge in [0.05, 0.1) is 56.5 Å². The van der Waals surface area contributed by atoms with E-state index in [1.54, 1.807) is 19.1 Å². The highest BCUT2D eigenvalue weighted by atomic mass is 79.9. The Morgan fingerprint density at radius 3 is 2.48 bits per heavy atom. The van der Waals surface area contributed by atoms with Gasteiger partial charge in [-0.05, 0) is 63.0 Å². The summed E-state index contributed by atoms with van der Waals surface area (Å²) in [6, 6.07) is 20.7. The highest BCUT2D eigenvalue weighted by Crippen LogP contribution is 2.41. The molecule has 0 radical (unpaired) electrons. The molecule has 0 atom stereocenters. The number of para-hydroxylation sites is 1. The van der Waals surface area contributed by atoms with Crippen molar-refractivity contribution in [2.45, 2.75) is 76.5 Å². The molecule has 0 bridgehead atoms. The molecular weight excluding hydrogens is 802 g/mol. The number of morpholine rings is 1. The number of halogens is 1. The van der Waals surface area contributed by atoms with E-state index >= 15 is 0 Å². The Morgan fingerprint density at radius 1 is 0.966 bits per heavy atom. The summed E-state index contributed by atoms with van der Waals surface area (Å²) in [6.45, 7) is 10.3. The molecule has 0 spiro atoms. The van der Waals surface area contributed by atoms with E-state index in [0.717, 1.165) is 81.4 Å². The van der Waals surface area contributed by atoms with Crippen LogP contribution in [0.4, 0.5) is 4.79 Å². The number of alkyl halides is 1. The van der Waals surface area contributed by atoms with E-state index in [2.05, 4.69) is 66.5 Å². The average Bonchev–Trinajstić information content (AvgIpc) is 3.74. The summed E-state index contributed by atoms with van der Waals surface area (Å²) in [5.41, 5.74) is 6.09. The standard InChI is InChI=1S/C45H56BrN5O7/c1-5-56-43(52)42-35(17-10-26-57-39-18-8-13-32-12-6-7-14-33(32)39)34-15-9-16-36(41(34)50(42)22-11-21-48(3)44(53)58-45(2)19-20-45)40-37(30-46)47-51(25-27-54-4)38(40)31-49-23-28-55-29-24-49/h6-9,12-16,18H,5,10-11,17,19-31H2,1-4H3. The van der Waals surface area contributed by atoms with Crippen molar-refractivity contribution in [2.24, 2.45) is 0 Å². The summed E-state index contributed by atoms with van der Waals surface area (Å²) in [5, 5.41) is 8.88. The van der Waals surface area contributed by atoms with Gasteiger partial charge in [0.15, 0.2) is 0 Å². The van der Waals surface area contributed by atoms with Gasteiger partial charge >= 0.3 is 12.1 Å². The molecule has 3 aromatic carbocycles. The van der Waals surface area contributed by atoms with E-state index in [-0.39, 0.29) is 24.3 Å². The van der Waals surface area contributed by atoms with E-state index in [1.807, 2.05) is 38.1 Å². The molecule has 13 heteroatoms. The van der Waals surface area contributed by atoms with Gasteiger partial charge in [-0.15, -0.1) is 0 Å². The van der Waals surface area contributed by atoms with Crippen molar-refractivity contribution in [3.8, 4) is 16.9 Å². The lowest BCUT2D eigenvalue weighted by molar-refractivity contribution is 0.0329. The first-order valence-corrected chi connectivity index (χ1v) is 21.7. The number of nitrogens with zero attached hydrogens (tertiary/aromatic N) is 5. The topological polar surface area (TPSA) is 110 Å². The number of fused-ring (bicyclic) bond motifs is 2. The number of esters is 1. The SMILES string of the molecule is CCOC(=O)c1c(CCCOc2cccc3ccccc23)c2cccc(-c3c(CBr)nn(CCOC)c3CN3CCOCC3)c2n1CCCN(C)C(=O)OC1(C)CC1. The van der Waals surface area contributed by atoms with Crippen LogP contribution < -0.4 is 4.74 Å². The molecule has 1 saturated carbocycles. The molecule has 12 nitrogen and oxygen atoms in total. The van der Waals surface area contributed by atoms with Gasteiger partial charge in [-0.1, -0.05) is 70.5 Å². The molecular formula is C45H56BrN5O7. The third kappa shape index (κ3) is 9.38. The number of hydrogen-bond donors (Lipinski definition) is 0. The van der Waals surface area contributed by atoms with Crippen molar-refractivity contribution < 1.29 is 33.3 Å². The lowest BCUT2D eigenvalue weighted by atomic mass is 9.98. The fourth-order valence-corrected chi connectivity index (χ4v) is 8.31. The van der Waals surface area contributed by atoms with Gasteiger partial charge in [-0.3, -0.25) is 9.58 Å². The maximum absolute atomic E-state index is 14.2.